The van der Waals surface area contributed by atoms with Gasteiger partial charge in [0.15, 0.2) is 11.5 Å². The number of pyridine rings is 1. The lowest BCUT2D eigenvalue weighted by Gasteiger charge is -2.19. The molecule has 1 aromatic rings. The maximum atomic E-state index is 13.1. The van der Waals surface area contributed by atoms with Gasteiger partial charge in [0.2, 0.25) is 0 Å². The third-order valence-electron chi connectivity index (χ3n) is 1.40. The van der Waals surface area contributed by atoms with Crippen LogP contribution in [0.25, 0.3) is 0 Å². The van der Waals surface area contributed by atoms with E-state index in [1.807, 2.05) is 0 Å². The molecule has 0 spiro atoms. The number of aromatic nitrogens is 1. The van der Waals surface area contributed by atoms with Gasteiger partial charge in [0, 0.05) is 6.07 Å². The van der Waals surface area contributed by atoms with Crippen molar-refractivity contribution in [2.45, 2.75) is 26.4 Å². The topological polar surface area (TPSA) is 39.2 Å². The first-order chi connectivity index (χ1) is 6.79. The average molecular weight is 215 g/mol. The van der Waals surface area contributed by atoms with Crippen LogP contribution in [0.5, 0.6) is 0 Å². The molecule has 0 unspecified atom stereocenters. The number of esters is 1. The summed E-state index contributed by atoms with van der Waals surface area (Å²) >= 11 is 0. The van der Waals surface area contributed by atoms with Gasteiger partial charge in [0.25, 0.3) is 0 Å². The summed E-state index contributed by atoms with van der Waals surface area (Å²) in [5, 5.41) is 0. The highest BCUT2D eigenvalue weighted by Crippen LogP contribution is 2.13. The van der Waals surface area contributed by atoms with Gasteiger partial charge in [-0.2, -0.15) is 0 Å². The summed E-state index contributed by atoms with van der Waals surface area (Å²) in [7, 11) is 0. The van der Waals surface area contributed by atoms with Crippen molar-refractivity contribution in [2.75, 3.05) is 0 Å². The van der Waals surface area contributed by atoms with Gasteiger partial charge < -0.3 is 4.74 Å². The minimum absolute atomic E-state index is 0.508. The first-order valence-corrected chi connectivity index (χ1v) is 4.34. The van der Waals surface area contributed by atoms with Gasteiger partial charge in [-0.25, -0.2) is 18.6 Å². The lowest BCUT2D eigenvalue weighted by atomic mass is 10.2. The summed E-state index contributed by atoms with van der Waals surface area (Å²) in [4.78, 5) is 14.7. The number of carbonyl (C=O) groups excluding carboxylic acids is 1. The Morgan fingerprint density at radius 2 is 2.00 bits per heavy atom. The molecule has 0 N–H and O–H groups in total. The largest absolute Gasteiger partial charge is 0.455 e. The van der Waals surface area contributed by atoms with Crippen LogP contribution in [0.4, 0.5) is 8.78 Å². The Hall–Kier alpha value is -1.52. The maximum absolute atomic E-state index is 13.1. The summed E-state index contributed by atoms with van der Waals surface area (Å²) < 4.78 is 30.4. The Labute approximate surface area is 86.1 Å². The van der Waals surface area contributed by atoms with Crippen LogP contribution < -0.4 is 0 Å². The van der Waals surface area contributed by atoms with Crippen LogP contribution in [0, 0.1) is 11.6 Å². The molecule has 0 saturated carbocycles. The predicted octanol–water partition coefficient (Wildman–Crippen LogP) is 2.32. The molecule has 0 radical (unpaired) electrons. The van der Waals surface area contributed by atoms with Gasteiger partial charge in [0.1, 0.15) is 11.4 Å². The van der Waals surface area contributed by atoms with Crippen molar-refractivity contribution in [2.24, 2.45) is 0 Å². The molecule has 1 aromatic heterocycles. The van der Waals surface area contributed by atoms with E-state index in [1.165, 1.54) is 0 Å². The van der Waals surface area contributed by atoms with Crippen molar-refractivity contribution in [1.82, 2.24) is 4.98 Å². The molecule has 0 atom stereocenters. The van der Waals surface area contributed by atoms with E-state index in [4.69, 9.17) is 4.74 Å². The number of ether oxygens (including phenoxy) is 1. The number of nitrogens with zero attached hydrogens (tertiary/aromatic N) is 1. The van der Waals surface area contributed by atoms with Crippen LogP contribution in [-0.2, 0) is 4.74 Å². The Kier molecular flexibility index (Phi) is 3.02. The van der Waals surface area contributed by atoms with Gasteiger partial charge in [0.05, 0.1) is 6.20 Å². The molecule has 1 rings (SSSR count). The van der Waals surface area contributed by atoms with Crippen LogP contribution in [0.15, 0.2) is 12.3 Å². The van der Waals surface area contributed by atoms with E-state index in [2.05, 4.69) is 4.98 Å². The highest BCUT2D eigenvalue weighted by atomic mass is 19.1. The average Bonchev–Trinajstić information content (AvgIpc) is 1.99. The minimum Gasteiger partial charge on any atom is -0.455 e. The van der Waals surface area contributed by atoms with E-state index >= 15 is 0 Å². The second kappa shape index (κ2) is 3.92. The van der Waals surface area contributed by atoms with Crippen LogP contribution >= 0.6 is 0 Å². The summed E-state index contributed by atoms with van der Waals surface area (Å²) in [6.45, 7) is 4.94. The fraction of sp³-hybridized carbons (Fsp3) is 0.400. The molecule has 0 saturated heterocycles. The summed E-state index contributed by atoms with van der Waals surface area (Å²) in [6.07, 6.45) is 0.766. The molecular formula is C10H11F2NO2. The molecular weight excluding hydrogens is 204 g/mol. The standard InChI is InChI=1S/C10H11F2NO2/c1-10(2,3)15-9(14)8-7(12)4-6(11)5-13-8/h4-5H,1-3H3. The number of hydrogen-bond acceptors (Lipinski definition) is 3. The fourth-order valence-corrected chi connectivity index (χ4v) is 0.891. The Bertz CT molecular complexity index is 385. The predicted molar refractivity (Wildman–Crippen MR) is 49.3 cm³/mol. The van der Waals surface area contributed by atoms with Crippen molar-refractivity contribution < 1.29 is 18.3 Å². The Balaban J connectivity index is 2.92. The van der Waals surface area contributed by atoms with Crippen molar-refractivity contribution in [3.63, 3.8) is 0 Å². The highest BCUT2D eigenvalue weighted by Gasteiger charge is 2.22. The second-order valence-electron chi connectivity index (χ2n) is 3.99. The van der Waals surface area contributed by atoms with E-state index in [9.17, 15) is 13.6 Å². The molecule has 5 heteroatoms. The van der Waals surface area contributed by atoms with Gasteiger partial charge in [-0.3, -0.25) is 0 Å². The summed E-state index contributed by atoms with van der Waals surface area (Å²) in [5.41, 5.74) is -1.24. The van der Waals surface area contributed by atoms with Crippen molar-refractivity contribution >= 4 is 5.97 Å². The number of rotatable bonds is 1. The molecule has 0 aliphatic heterocycles. The molecule has 1 heterocycles. The summed E-state index contributed by atoms with van der Waals surface area (Å²) in [5.74, 6) is -2.76. The van der Waals surface area contributed by atoms with E-state index in [0.717, 1.165) is 6.20 Å². The third-order valence-corrected chi connectivity index (χ3v) is 1.40. The second-order valence-corrected chi connectivity index (χ2v) is 3.99. The molecule has 0 bridgehead atoms. The van der Waals surface area contributed by atoms with Gasteiger partial charge >= 0.3 is 5.97 Å². The zero-order valence-electron chi connectivity index (χ0n) is 8.67. The minimum atomic E-state index is -1.02. The Morgan fingerprint density at radius 1 is 1.40 bits per heavy atom. The molecule has 82 valence electrons. The van der Waals surface area contributed by atoms with E-state index in [1.54, 1.807) is 20.8 Å². The van der Waals surface area contributed by atoms with E-state index in [0.29, 0.717) is 6.07 Å². The van der Waals surface area contributed by atoms with E-state index < -0.39 is 28.9 Å². The molecule has 0 aliphatic rings. The first-order valence-electron chi connectivity index (χ1n) is 4.34. The lowest BCUT2D eigenvalue weighted by Crippen LogP contribution is -2.25. The molecule has 0 amide bonds. The zero-order valence-corrected chi connectivity index (χ0v) is 8.67. The van der Waals surface area contributed by atoms with Crippen LogP contribution in [0.1, 0.15) is 31.3 Å². The molecule has 0 aromatic carbocycles. The van der Waals surface area contributed by atoms with Crippen LogP contribution in [0.3, 0.4) is 0 Å². The van der Waals surface area contributed by atoms with Gasteiger partial charge in [-0.1, -0.05) is 0 Å². The lowest BCUT2D eigenvalue weighted by molar-refractivity contribution is 0.00574. The first kappa shape index (κ1) is 11.6. The third kappa shape index (κ3) is 3.27. The molecule has 0 fully saturated rings. The Morgan fingerprint density at radius 3 is 2.47 bits per heavy atom. The van der Waals surface area contributed by atoms with Crippen LogP contribution in [0.2, 0.25) is 0 Å². The quantitative estimate of drug-likeness (QED) is 0.675. The monoisotopic (exact) mass is 215 g/mol. The molecule has 15 heavy (non-hydrogen) atoms. The molecule has 0 aliphatic carbocycles. The fourth-order valence-electron chi connectivity index (χ4n) is 0.891. The van der Waals surface area contributed by atoms with Crippen LogP contribution in [-0.4, -0.2) is 16.6 Å². The zero-order chi connectivity index (χ0) is 11.6. The van der Waals surface area contributed by atoms with Crippen molar-refractivity contribution in [1.29, 1.82) is 0 Å². The number of carbonyl (C=O) groups is 1. The normalized spacial score (nSPS) is 11.3. The molecule has 3 nitrogen and oxygen atoms in total. The smallest absolute Gasteiger partial charge is 0.360 e. The number of hydrogen-bond donors (Lipinski definition) is 0. The highest BCUT2D eigenvalue weighted by molar-refractivity contribution is 5.87. The SMILES string of the molecule is CC(C)(C)OC(=O)c1ncc(F)cc1F. The number of halogens is 2. The maximum Gasteiger partial charge on any atom is 0.360 e. The van der Waals surface area contributed by atoms with E-state index in [-0.39, 0.29) is 0 Å². The van der Waals surface area contributed by atoms with Gasteiger partial charge in [-0.15, -0.1) is 0 Å². The van der Waals surface area contributed by atoms with Crippen molar-refractivity contribution in [3.05, 3.63) is 29.6 Å². The summed E-state index contributed by atoms with van der Waals surface area (Å²) in [6, 6.07) is 0.590. The van der Waals surface area contributed by atoms with Gasteiger partial charge in [-0.05, 0) is 20.8 Å². The van der Waals surface area contributed by atoms with Crippen molar-refractivity contribution in [3.8, 4) is 0 Å².